The monoisotopic (exact) mass is 205 g/mol. The Hall–Kier alpha value is -1.61. The Kier molecular flexibility index (Phi) is 2.56. The molecule has 0 bridgehead atoms. The molecule has 3 heteroatoms. The maximum absolute atomic E-state index is 13.0. The molecule has 0 aliphatic carbocycles. The molecule has 2 nitrogen and oxygen atoms in total. The fourth-order valence-corrected chi connectivity index (χ4v) is 1.49. The molecule has 0 spiro atoms. The molecule has 1 heterocycles. The lowest BCUT2D eigenvalue weighted by atomic mass is 10.0. The summed E-state index contributed by atoms with van der Waals surface area (Å²) in [5.41, 5.74) is 7.41. The van der Waals surface area contributed by atoms with E-state index in [-0.39, 0.29) is 11.9 Å². The molecule has 0 amide bonds. The Morgan fingerprint density at radius 2 is 2.13 bits per heavy atom. The van der Waals surface area contributed by atoms with Crippen LogP contribution in [-0.2, 0) is 0 Å². The summed E-state index contributed by atoms with van der Waals surface area (Å²) >= 11 is 0. The minimum Gasteiger partial charge on any atom is -0.467 e. The first-order chi connectivity index (χ1) is 7.18. The summed E-state index contributed by atoms with van der Waals surface area (Å²) in [6.45, 7) is 1.72. The first kappa shape index (κ1) is 9.93. The van der Waals surface area contributed by atoms with E-state index in [4.69, 9.17) is 10.2 Å². The summed E-state index contributed by atoms with van der Waals surface area (Å²) in [7, 11) is 0. The summed E-state index contributed by atoms with van der Waals surface area (Å²) in [4.78, 5) is 0. The van der Waals surface area contributed by atoms with Gasteiger partial charge in [0.2, 0.25) is 0 Å². The van der Waals surface area contributed by atoms with Crippen LogP contribution >= 0.6 is 0 Å². The van der Waals surface area contributed by atoms with Crippen molar-refractivity contribution in [2.45, 2.75) is 13.0 Å². The fraction of sp³-hybridized carbons (Fsp3) is 0.167. The number of furan rings is 1. The molecule has 1 atom stereocenters. The first-order valence-electron chi connectivity index (χ1n) is 4.73. The van der Waals surface area contributed by atoms with E-state index >= 15 is 0 Å². The molecule has 0 fully saturated rings. The molecule has 2 N–H and O–H groups in total. The number of halogens is 1. The van der Waals surface area contributed by atoms with E-state index in [0.717, 1.165) is 5.56 Å². The molecular weight excluding hydrogens is 193 g/mol. The van der Waals surface area contributed by atoms with Crippen LogP contribution in [0.5, 0.6) is 0 Å². The Bertz CT molecular complexity index is 451. The predicted molar refractivity (Wildman–Crippen MR) is 55.9 cm³/mol. The topological polar surface area (TPSA) is 39.2 Å². The van der Waals surface area contributed by atoms with Gasteiger partial charge in [-0.15, -0.1) is 0 Å². The van der Waals surface area contributed by atoms with Crippen LogP contribution in [0.25, 0.3) is 0 Å². The summed E-state index contributed by atoms with van der Waals surface area (Å²) in [6, 6.07) is 8.10. The molecule has 1 aromatic carbocycles. The van der Waals surface area contributed by atoms with Gasteiger partial charge in [-0.25, -0.2) is 4.39 Å². The SMILES string of the molecule is Cc1cc(C(N)c2ccco2)ccc1F. The number of rotatable bonds is 2. The summed E-state index contributed by atoms with van der Waals surface area (Å²) in [5, 5.41) is 0. The normalized spacial score (nSPS) is 12.7. The number of benzene rings is 1. The highest BCUT2D eigenvalue weighted by Crippen LogP contribution is 2.21. The maximum atomic E-state index is 13.0. The fourth-order valence-electron chi connectivity index (χ4n) is 1.49. The lowest BCUT2D eigenvalue weighted by Gasteiger charge is -2.10. The average molecular weight is 205 g/mol. The van der Waals surface area contributed by atoms with E-state index in [0.29, 0.717) is 11.3 Å². The maximum Gasteiger partial charge on any atom is 0.126 e. The molecule has 78 valence electrons. The van der Waals surface area contributed by atoms with Crippen LogP contribution in [-0.4, -0.2) is 0 Å². The van der Waals surface area contributed by atoms with Gasteiger partial charge in [0.05, 0.1) is 12.3 Å². The number of hydrogen-bond acceptors (Lipinski definition) is 2. The van der Waals surface area contributed by atoms with Crippen molar-refractivity contribution >= 4 is 0 Å². The summed E-state index contributed by atoms with van der Waals surface area (Å²) < 4.78 is 18.2. The van der Waals surface area contributed by atoms with Gasteiger partial charge in [0, 0.05) is 0 Å². The van der Waals surface area contributed by atoms with Crippen LogP contribution < -0.4 is 5.73 Å². The zero-order valence-electron chi connectivity index (χ0n) is 8.41. The van der Waals surface area contributed by atoms with Crippen molar-refractivity contribution in [3.8, 4) is 0 Å². The quantitative estimate of drug-likeness (QED) is 0.818. The molecule has 0 radical (unpaired) electrons. The lowest BCUT2D eigenvalue weighted by Crippen LogP contribution is -2.11. The van der Waals surface area contributed by atoms with Gasteiger partial charge in [0.1, 0.15) is 11.6 Å². The summed E-state index contributed by atoms with van der Waals surface area (Å²) in [5.74, 6) is 0.464. The molecule has 2 aromatic rings. The van der Waals surface area contributed by atoms with Gasteiger partial charge >= 0.3 is 0 Å². The Labute approximate surface area is 87.5 Å². The van der Waals surface area contributed by atoms with Gasteiger partial charge in [-0.2, -0.15) is 0 Å². The van der Waals surface area contributed by atoms with Crippen molar-refractivity contribution < 1.29 is 8.81 Å². The van der Waals surface area contributed by atoms with Crippen molar-refractivity contribution in [3.63, 3.8) is 0 Å². The van der Waals surface area contributed by atoms with E-state index in [2.05, 4.69) is 0 Å². The third kappa shape index (κ3) is 1.92. The van der Waals surface area contributed by atoms with Crippen molar-refractivity contribution in [1.29, 1.82) is 0 Å². The van der Waals surface area contributed by atoms with Crippen LogP contribution in [0.1, 0.15) is 22.9 Å². The van der Waals surface area contributed by atoms with Crippen LogP contribution in [0.3, 0.4) is 0 Å². The standard InChI is InChI=1S/C12H12FNO/c1-8-7-9(4-5-10(8)13)12(14)11-3-2-6-15-11/h2-7,12H,14H2,1H3. The van der Waals surface area contributed by atoms with Crippen molar-refractivity contribution in [1.82, 2.24) is 0 Å². The van der Waals surface area contributed by atoms with Crippen LogP contribution in [0.15, 0.2) is 41.0 Å². The highest BCUT2D eigenvalue weighted by Gasteiger charge is 2.12. The minimum absolute atomic E-state index is 0.217. The Morgan fingerprint density at radius 3 is 2.73 bits per heavy atom. The van der Waals surface area contributed by atoms with E-state index < -0.39 is 0 Å². The lowest BCUT2D eigenvalue weighted by molar-refractivity contribution is 0.489. The van der Waals surface area contributed by atoms with Crippen LogP contribution in [0.4, 0.5) is 4.39 Å². The number of nitrogens with two attached hydrogens (primary N) is 1. The van der Waals surface area contributed by atoms with E-state index in [1.165, 1.54) is 6.07 Å². The van der Waals surface area contributed by atoms with Crippen molar-refractivity contribution in [3.05, 3.63) is 59.3 Å². The van der Waals surface area contributed by atoms with Gasteiger partial charge in [-0.1, -0.05) is 12.1 Å². The Balaban J connectivity index is 2.34. The summed E-state index contributed by atoms with van der Waals surface area (Å²) in [6.07, 6.45) is 1.57. The molecular formula is C12H12FNO. The molecule has 1 aromatic heterocycles. The van der Waals surface area contributed by atoms with Gasteiger partial charge in [-0.05, 0) is 36.2 Å². The van der Waals surface area contributed by atoms with Crippen LogP contribution in [0.2, 0.25) is 0 Å². The van der Waals surface area contributed by atoms with Gasteiger partial charge in [0.15, 0.2) is 0 Å². The first-order valence-corrected chi connectivity index (χ1v) is 4.73. The molecule has 0 saturated heterocycles. The second-order valence-electron chi connectivity index (χ2n) is 3.50. The average Bonchev–Trinajstić information content (AvgIpc) is 2.74. The molecule has 1 unspecified atom stereocenters. The second-order valence-corrected chi connectivity index (χ2v) is 3.50. The van der Waals surface area contributed by atoms with Crippen LogP contribution in [0, 0.1) is 12.7 Å². The van der Waals surface area contributed by atoms with Gasteiger partial charge < -0.3 is 10.2 Å². The molecule has 2 rings (SSSR count). The van der Waals surface area contributed by atoms with E-state index in [1.807, 2.05) is 6.07 Å². The third-order valence-electron chi connectivity index (χ3n) is 2.39. The van der Waals surface area contributed by atoms with Gasteiger partial charge in [-0.3, -0.25) is 0 Å². The highest BCUT2D eigenvalue weighted by molar-refractivity contribution is 5.30. The van der Waals surface area contributed by atoms with Gasteiger partial charge in [0.25, 0.3) is 0 Å². The number of aryl methyl sites for hydroxylation is 1. The van der Waals surface area contributed by atoms with E-state index in [9.17, 15) is 4.39 Å². The second kappa shape index (κ2) is 3.87. The molecule has 0 aliphatic rings. The Morgan fingerprint density at radius 1 is 1.33 bits per heavy atom. The molecule has 0 aliphatic heterocycles. The van der Waals surface area contributed by atoms with Crippen molar-refractivity contribution in [2.24, 2.45) is 5.73 Å². The minimum atomic E-state index is -0.334. The number of hydrogen-bond donors (Lipinski definition) is 1. The zero-order valence-corrected chi connectivity index (χ0v) is 8.41. The predicted octanol–water partition coefficient (Wildman–Crippen LogP) is 2.78. The third-order valence-corrected chi connectivity index (χ3v) is 2.39. The zero-order chi connectivity index (χ0) is 10.8. The smallest absolute Gasteiger partial charge is 0.126 e. The van der Waals surface area contributed by atoms with Crippen molar-refractivity contribution in [2.75, 3.05) is 0 Å². The van der Waals surface area contributed by atoms with E-state index in [1.54, 1.807) is 31.4 Å². The molecule has 0 saturated carbocycles. The largest absolute Gasteiger partial charge is 0.467 e. The highest BCUT2D eigenvalue weighted by atomic mass is 19.1. The molecule has 15 heavy (non-hydrogen) atoms.